The Morgan fingerprint density at radius 2 is 1.74 bits per heavy atom. The molecule has 0 bridgehead atoms. The van der Waals surface area contributed by atoms with Crippen molar-refractivity contribution in [3.8, 4) is 0 Å². The van der Waals surface area contributed by atoms with E-state index in [4.69, 9.17) is 0 Å². The predicted molar refractivity (Wildman–Crippen MR) is 103 cm³/mol. The minimum Gasteiger partial charge on any atom is -0.394 e. The molecule has 1 N–H and O–H groups in total. The number of aliphatic hydroxyl groups excluding tert-OH is 1. The molecule has 27 heavy (non-hydrogen) atoms. The Bertz CT molecular complexity index is 676. The van der Waals surface area contributed by atoms with Crippen molar-refractivity contribution in [1.82, 2.24) is 9.80 Å². The minimum atomic E-state index is -0.116. The van der Waals surface area contributed by atoms with Crippen LogP contribution >= 0.6 is 0 Å². The lowest BCUT2D eigenvalue weighted by molar-refractivity contribution is -0.137. The number of nitrogens with zero attached hydrogens (tertiary/aromatic N) is 2. The lowest BCUT2D eigenvalue weighted by Crippen LogP contribution is -2.46. The van der Waals surface area contributed by atoms with Crippen LogP contribution in [0.2, 0.25) is 0 Å². The van der Waals surface area contributed by atoms with Gasteiger partial charge in [0.05, 0.1) is 12.6 Å². The van der Waals surface area contributed by atoms with Gasteiger partial charge in [-0.2, -0.15) is 0 Å². The Kier molecular flexibility index (Phi) is 5.22. The van der Waals surface area contributed by atoms with Crippen LogP contribution in [0.25, 0.3) is 0 Å². The van der Waals surface area contributed by atoms with Gasteiger partial charge in [-0.3, -0.25) is 9.59 Å². The molecule has 0 aromatic heterocycles. The molecule has 0 radical (unpaired) electrons. The first-order valence-corrected chi connectivity index (χ1v) is 10.4. The number of piperidine rings is 1. The number of carbonyl (C=O) groups is 2. The van der Waals surface area contributed by atoms with Gasteiger partial charge in [-0.05, 0) is 49.7 Å². The fraction of sp³-hybridized carbons (Fsp3) is 0.636. The molecular weight excluding hydrogens is 340 g/mol. The van der Waals surface area contributed by atoms with Crippen molar-refractivity contribution in [2.75, 3.05) is 26.2 Å². The summed E-state index contributed by atoms with van der Waals surface area (Å²) in [5.74, 6) is 0.594. The molecule has 3 fully saturated rings. The van der Waals surface area contributed by atoms with Gasteiger partial charge in [-0.25, -0.2) is 0 Å². The monoisotopic (exact) mass is 370 g/mol. The molecular formula is C22H30N2O3. The van der Waals surface area contributed by atoms with Crippen molar-refractivity contribution >= 4 is 11.8 Å². The van der Waals surface area contributed by atoms with Crippen molar-refractivity contribution in [2.45, 2.75) is 51.0 Å². The van der Waals surface area contributed by atoms with Gasteiger partial charge in [0.25, 0.3) is 5.91 Å². The Morgan fingerprint density at radius 1 is 1.07 bits per heavy atom. The molecule has 2 aliphatic heterocycles. The van der Waals surface area contributed by atoms with Gasteiger partial charge in [0.1, 0.15) is 0 Å². The second kappa shape index (κ2) is 7.63. The maximum absolute atomic E-state index is 12.9. The fourth-order valence-electron chi connectivity index (χ4n) is 5.31. The Balaban J connectivity index is 1.41. The van der Waals surface area contributed by atoms with Crippen LogP contribution in [0, 0.1) is 11.3 Å². The first kappa shape index (κ1) is 18.5. The van der Waals surface area contributed by atoms with Gasteiger partial charge in [0.2, 0.25) is 5.91 Å². The number of likely N-dealkylation sites (tertiary alicyclic amines) is 2. The number of aliphatic hydroxyl groups is 1. The zero-order chi connectivity index (χ0) is 18.9. The summed E-state index contributed by atoms with van der Waals surface area (Å²) in [4.78, 5) is 29.6. The van der Waals surface area contributed by atoms with Crippen LogP contribution in [0.1, 0.15) is 55.3 Å². The van der Waals surface area contributed by atoms with E-state index in [1.54, 1.807) is 0 Å². The zero-order valence-electron chi connectivity index (χ0n) is 16.0. The van der Waals surface area contributed by atoms with Crippen LogP contribution in [0.4, 0.5) is 0 Å². The Hall–Kier alpha value is -1.88. The second-order valence-corrected chi connectivity index (χ2v) is 8.65. The molecule has 5 nitrogen and oxygen atoms in total. The average Bonchev–Trinajstić information content (AvgIpc) is 3.37. The predicted octanol–water partition coefficient (Wildman–Crippen LogP) is 2.69. The summed E-state index contributed by atoms with van der Waals surface area (Å²) in [7, 11) is 0. The summed E-state index contributed by atoms with van der Waals surface area (Å²) in [5.41, 5.74) is 0.728. The van der Waals surface area contributed by atoms with Crippen LogP contribution in [0.3, 0.4) is 0 Å². The largest absolute Gasteiger partial charge is 0.394 e. The third-order valence-electron chi connectivity index (χ3n) is 6.95. The standard InChI is InChI=1S/C22H30N2O3/c25-15-19-14-22(16-24(19)21(27)18-6-2-1-3-7-18)10-12-23(13-11-22)20(26)17-8-4-5-9-17/h1-3,6-7,17,19,25H,4-5,8-16H2. The van der Waals surface area contributed by atoms with E-state index in [-0.39, 0.29) is 29.9 Å². The average molecular weight is 370 g/mol. The Labute approximate surface area is 161 Å². The molecule has 3 aliphatic rings. The minimum absolute atomic E-state index is 0.00500. The summed E-state index contributed by atoms with van der Waals surface area (Å²) in [6, 6.07) is 9.22. The lowest BCUT2D eigenvalue weighted by atomic mass is 9.76. The second-order valence-electron chi connectivity index (χ2n) is 8.65. The molecule has 1 atom stereocenters. The van der Waals surface area contributed by atoms with Crippen LogP contribution in [0.15, 0.2) is 30.3 Å². The number of hydrogen-bond acceptors (Lipinski definition) is 3. The molecule has 1 saturated carbocycles. The van der Waals surface area contributed by atoms with E-state index in [1.807, 2.05) is 35.2 Å². The molecule has 5 heteroatoms. The molecule has 146 valence electrons. The fourth-order valence-corrected chi connectivity index (χ4v) is 5.31. The first-order chi connectivity index (χ1) is 13.1. The van der Waals surface area contributed by atoms with Crippen LogP contribution < -0.4 is 0 Å². The molecule has 1 spiro atoms. The van der Waals surface area contributed by atoms with Gasteiger partial charge < -0.3 is 14.9 Å². The van der Waals surface area contributed by atoms with Crippen LogP contribution in [-0.4, -0.2) is 59.0 Å². The van der Waals surface area contributed by atoms with Crippen LogP contribution in [0.5, 0.6) is 0 Å². The molecule has 2 heterocycles. The highest BCUT2D eigenvalue weighted by Crippen LogP contribution is 2.44. The van der Waals surface area contributed by atoms with E-state index < -0.39 is 0 Å². The third kappa shape index (κ3) is 3.62. The highest BCUT2D eigenvalue weighted by molar-refractivity contribution is 5.94. The van der Waals surface area contributed by atoms with E-state index in [2.05, 4.69) is 4.90 Å². The zero-order valence-corrected chi connectivity index (χ0v) is 16.0. The molecule has 1 aromatic rings. The van der Waals surface area contributed by atoms with E-state index in [0.717, 1.165) is 45.2 Å². The molecule has 4 rings (SSSR count). The summed E-state index contributed by atoms with van der Waals surface area (Å²) in [6.45, 7) is 2.28. The molecule has 1 unspecified atom stereocenters. The van der Waals surface area contributed by atoms with Gasteiger partial charge >= 0.3 is 0 Å². The number of carbonyl (C=O) groups excluding carboxylic acids is 2. The van der Waals surface area contributed by atoms with Crippen LogP contribution in [-0.2, 0) is 4.79 Å². The lowest BCUT2D eigenvalue weighted by Gasteiger charge is -2.40. The quantitative estimate of drug-likeness (QED) is 0.890. The number of benzene rings is 1. The summed E-state index contributed by atoms with van der Waals surface area (Å²) >= 11 is 0. The summed E-state index contributed by atoms with van der Waals surface area (Å²) in [6.07, 6.45) is 7.17. The van der Waals surface area contributed by atoms with E-state index in [1.165, 1.54) is 12.8 Å². The van der Waals surface area contributed by atoms with Crippen molar-refractivity contribution in [1.29, 1.82) is 0 Å². The number of amides is 2. The molecule has 2 saturated heterocycles. The van der Waals surface area contributed by atoms with E-state index in [0.29, 0.717) is 18.0 Å². The molecule has 1 aromatic carbocycles. The van der Waals surface area contributed by atoms with Gasteiger partial charge in [0, 0.05) is 31.1 Å². The smallest absolute Gasteiger partial charge is 0.254 e. The van der Waals surface area contributed by atoms with Crippen molar-refractivity contribution in [2.24, 2.45) is 11.3 Å². The maximum atomic E-state index is 12.9. The topological polar surface area (TPSA) is 60.9 Å². The van der Waals surface area contributed by atoms with Gasteiger partial charge in [-0.15, -0.1) is 0 Å². The SMILES string of the molecule is O=C(C1CCCC1)N1CCC2(CC1)CC(CO)N(C(=O)c1ccccc1)C2. The Morgan fingerprint density at radius 3 is 2.37 bits per heavy atom. The van der Waals surface area contributed by atoms with Crippen molar-refractivity contribution < 1.29 is 14.7 Å². The van der Waals surface area contributed by atoms with Gasteiger partial charge in [-0.1, -0.05) is 31.0 Å². The molecule has 1 aliphatic carbocycles. The number of rotatable bonds is 3. The summed E-state index contributed by atoms with van der Waals surface area (Å²) in [5, 5.41) is 9.87. The third-order valence-corrected chi connectivity index (χ3v) is 6.95. The number of hydrogen-bond donors (Lipinski definition) is 1. The van der Waals surface area contributed by atoms with E-state index in [9.17, 15) is 14.7 Å². The van der Waals surface area contributed by atoms with Crippen molar-refractivity contribution in [3.63, 3.8) is 0 Å². The highest BCUT2D eigenvalue weighted by atomic mass is 16.3. The van der Waals surface area contributed by atoms with Crippen molar-refractivity contribution in [3.05, 3.63) is 35.9 Å². The van der Waals surface area contributed by atoms with Gasteiger partial charge in [0.15, 0.2) is 0 Å². The van der Waals surface area contributed by atoms with E-state index >= 15 is 0 Å². The highest BCUT2D eigenvalue weighted by Gasteiger charge is 2.47. The first-order valence-electron chi connectivity index (χ1n) is 10.4. The molecule has 2 amide bonds. The normalized spacial score (nSPS) is 25.3. The summed E-state index contributed by atoms with van der Waals surface area (Å²) < 4.78 is 0. The maximum Gasteiger partial charge on any atom is 0.254 e.